The Bertz CT molecular complexity index is 1030. The van der Waals surface area contributed by atoms with E-state index in [0.29, 0.717) is 5.56 Å². The van der Waals surface area contributed by atoms with E-state index in [1.165, 1.54) is 46.9 Å². The van der Waals surface area contributed by atoms with E-state index in [-0.39, 0.29) is 29.4 Å². The summed E-state index contributed by atoms with van der Waals surface area (Å²) in [6.45, 7) is 3.84. The molecular formula is C17H19N5O6S. The summed E-state index contributed by atoms with van der Waals surface area (Å²) in [4.78, 5) is 20.6. The van der Waals surface area contributed by atoms with Gasteiger partial charge in [-0.15, -0.1) is 0 Å². The number of anilines is 1. The van der Waals surface area contributed by atoms with Crippen molar-refractivity contribution >= 4 is 33.3 Å². The Morgan fingerprint density at radius 1 is 1.03 bits per heavy atom. The quantitative estimate of drug-likeness (QED) is 0.372. The number of hydrogen-bond acceptors (Lipinski definition) is 8. The Morgan fingerprint density at radius 3 is 2.17 bits per heavy atom. The summed E-state index contributed by atoms with van der Waals surface area (Å²) >= 11 is 0. The zero-order valence-electron chi connectivity index (χ0n) is 15.7. The lowest BCUT2D eigenvalue weighted by atomic mass is 10.2. The molecule has 12 heteroatoms. The number of non-ortho nitro benzene ring substituents is 1. The van der Waals surface area contributed by atoms with Gasteiger partial charge in [-0.25, -0.2) is 8.42 Å². The molecule has 11 nitrogen and oxygen atoms in total. The predicted molar refractivity (Wildman–Crippen MR) is 108 cm³/mol. The second kappa shape index (κ2) is 9.21. The molecule has 0 aliphatic heterocycles. The molecule has 0 bridgehead atoms. The van der Waals surface area contributed by atoms with E-state index in [1.54, 1.807) is 13.8 Å². The average Bonchev–Trinajstić information content (AvgIpc) is 2.69. The highest BCUT2D eigenvalue weighted by molar-refractivity contribution is 7.89. The van der Waals surface area contributed by atoms with Crippen LogP contribution in [-0.2, 0) is 10.0 Å². The number of hydrogen-bond donors (Lipinski definition) is 1. The van der Waals surface area contributed by atoms with E-state index in [2.05, 4.69) is 10.5 Å². The summed E-state index contributed by atoms with van der Waals surface area (Å²) in [7, 11) is -3.84. The summed E-state index contributed by atoms with van der Waals surface area (Å²) in [5.74, 6) is 0. The maximum atomic E-state index is 12.6. The molecule has 0 saturated heterocycles. The minimum Gasteiger partial charge on any atom is -0.272 e. The van der Waals surface area contributed by atoms with Crippen molar-refractivity contribution in [1.82, 2.24) is 4.31 Å². The molecule has 2 aromatic rings. The van der Waals surface area contributed by atoms with Gasteiger partial charge in [-0.1, -0.05) is 13.8 Å². The van der Waals surface area contributed by atoms with E-state index >= 15 is 0 Å². The van der Waals surface area contributed by atoms with Gasteiger partial charge in [-0.2, -0.15) is 9.41 Å². The number of hydrazone groups is 1. The van der Waals surface area contributed by atoms with Crippen LogP contribution in [0.15, 0.2) is 52.5 Å². The molecule has 0 aromatic heterocycles. The Kier molecular flexibility index (Phi) is 6.96. The van der Waals surface area contributed by atoms with Crippen LogP contribution in [0, 0.1) is 20.2 Å². The lowest BCUT2D eigenvalue weighted by molar-refractivity contribution is -0.384. The number of sulfonamides is 1. The van der Waals surface area contributed by atoms with Gasteiger partial charge in [0.05, 0.1) is 21.0 Å². The third-order valence-electron chi connectivity index (χ3n) is 4.01. The summed E-state index contributed by atoms with van der Waals surface area (Å²) in [6.07, 6.45) is 1.33. The number of rotatable bonds is 9. The minimum atomic E-state index is -3.84. The molecule has 1 N–H and O–H groups in total. The van der Waals surface area contributed by atoms with Crippen molar-refractivity contribution in [2.45, 2.75) is 18.7 Å². The molecule has 0 amide bonds. The second-order valence-corrected chi connectivity index (χ2v) is 7.68. The highest BCUT2D eigenvalue weighted by Crippen LogP contribution is 2.29. The Balaban J connectivity index is 2.27. The molecule has 0 heterocycles. The lowest BCUT2D eigenvalue weighted by Crippen LogP contribution is -2.30. The van der Waals surface area contributed by atoms with E-state index in [9.17, 15) is 28.6 Å². The molecule has 154 valence electrons. The first-order chi connectivity index (χ1) is 13.7. The molecule has 0 saturated carbocycles. The van der Waals surface area contributed by atoms with E-state index in [4.69, 9.17) is 0 Å². The number of nitro benzene ring substituents is 2. The average molecular weight is 421 g/mol. The summed E-state index contributed by atoms with van der Waals surface area (Å²) in [5, 5.41) is 25.9. The van der Waals surface area contributed by atoms with Gasteiger partial charge in [0, 0.05) is 31.3 Å². The first-order valence-corrected chi connectivity index (χ1v) is 9.96. The summed E-state index contributed by atoms with van der Waals surface area (Å²) < 4.78 is 26.3. The molecule has 2 aromatic carbocycles. The highest BCUT2D eigenvalue weighted by Gasteiger charge is 2.25. The van der Waals surface area contributed by atoms with Crippen LogP contribution in [0.25, 0.3) is 0 Å². The van der Waals surface area contributed by atoms with Crippen molar-refractivity contribution in [2.24, 2.45) is 5.10 Å². The number of nitrogens with one attached hydrogen (secondary N) is 1. The van der Waals surface area contributed by atoms with Crippen LogP contribution < -0.4 is 5.43 Å². The third kappa shape index (κ3) is 5.12. The maximum Gasteiger partial charge on any atom is 0.295 e. The van der Waals surface area contributed by atoms with Gasteiger partial charge in [0.2, 0.25) is 10.0 Å². The molecule has 0 atom stereocenters. The molecule has 29 heavy (non-hydrogen) atoms. The maximum absolute atomic E-state index is 12.6. The molecule has 0 spiro atoms. The van der Waals surface area contributed by atoms with Crippen LogP contribution in [-0.4, -0.2) is 41.9 Å². The van der Waals surface area contributed by atoms with Gasteiger partial charge in [0.1, 0.15) is 5.69 Å². The Hall–Kier alpha value is -3.38. The molecule has 2 rings (SSSR count). The van der Waals surface area contributed by atoms with Crippen LogP contribution in [0.5, 0.6) is 0 Å². The Labute approximate surface area is 167 Å². The van der Waals surface area contributed by atoms with Crippen LogP contribution >= 0.6 is 0 Å². The molecule has 0 aliphatic carbocycles. The first-order valence-electron chi connectivity index (χ1n) is 8.52. The SMILES string of the molecule is CCN(CC)S(=O)(=O)c1ccc(NN=Cc2ccc([N+](=O)[O-])cc2)c([N+](=O)[O-])c1. The monoisotopic (exact) mass is 421 g/mol. The van der Waals surface area contributed by atoms with Crippen molar-refractivity contribution in [2.75, 3.05) is 18.5 Å². The topological polar surface area (TPSA) is 148 Å². The highest BCUT2D eigenvalue weighted by atomic mass is 32.2. The van der Waals surface area contributed by atoms with Crippen molar-refractivity contribution in [1.29, 1.82) is 0 Å². The lowest BCUT2D eigenvalue weighted by Gasteiger charge is -2.18. The largest absolute Gasteiger partial charge is 0.295 e. The predicted octanol–water partition coefficient (Wildman–Crippen LogP) is 2.98. The smallest absolute Gasteiger partial charge is 0.272 e. The summed E-state index contributed by atoms with van der Waals surface area (Å²) in [5.41, 5.74) is 2.52. The molecule has 0 fully saturated rings. The van der Waals surface area contributed by atoms with Crippen LogP contribution in [0.4, 0.5) is 17.1 Å². The van der Waals surface area contributed by atoms with Crippen molar-refractivity contribution < 1.29 is 18.3 Å². The van der Waals surface area contributed by atoms with Gasteiger partial charge in [-0.3, -0.25) is 25.7 Å². The normalized spacial score (nSPS) is 11.7. The number of benzene rings is 2. The minimum absolute atomic E-state index is 0.00617. The fourth-order valence-corrected chi connectivity index (χ4v) is 3.97. The molecule has 0 unspecified atom stereocenters. The third-order valence-corrected chi connectivity index (χ3v) is 6.06. The van der Waals surface area contributed by atoms with E-state index in [1.807, 2.05) is 0 Å². The van der Waals surface area contributed by atoms with Gasteiger partial charge in [0.15, 0.2) is 0 Å². The van der Waals surface area contributed by atoms with Crippen molar-refractivity contribution in [3.63, 3.8) is 0 Å². The number of nitrogens with zero attached hydrogens (tertiary/aromatic N) is 4. The van der Waals surface area contributed by atoms with Crippen LogP contribution in [0.3, 0.4) is 0 Å². The van der Waals surface area contributed by atoms with Gasteiger partial charge in [0.25, 0.3) is 11.4 Å². The zero-order valence-corrected chi connectivity index (χ0v) is 16.5. The summed E-state index contributed by atoms with van der Waals surface area (Å²) in [6, 6.07) is 9.06. The molecule has 0 radical (unpaired) electrons. The number of nitro groups is 2. The van der Waals surface area contributed by atoms with Gasteiger partial charge >= 0.3 is 0 Å². The fraction of sp³-hybridized carbons (Fsp3) is 0.235. The van der Waals surface area contributed by atoms with Crippen LogP contribution in [0.1, 0.15) is 19.4 Å². The van der Waals surface area contributed by atoms with Gasteiger partial charge in [-0.05, 0) is 29.8 Å². The van der Waals surface area contributed by atoms with Gasteiger partial charge < -0.3 is 0 Å². The molecule has 0 aliphatic rings. The van der Waals surface area contributed by atoms with Crippen molar-refractivity contribution in [3.8, 4) is 0 Å². The van der Waals surface area contributed by atoms with Crippen LogP contribution in [0.2, 0.25) is 0 Å². The fourth-order valence-electron chi connectivity index (χ4n) is 2.49. The first kappa shape index (κ1) is 21.9. The zero-order chi connectivity index (χ0) is 21.6. The van der Waals surface area contributed by atoms with Crippen molar-refractivity contribution in [3.05, 3.63) is 68.3 Å². The van der Waals surface area contributed by atoms with E-state index < -0.39 is 25.6 Å². The standard InChI is InChI=1S/C17H19N5O6S/c1-3-20(4-2)29(27,28)15-9-10-16(17(11-15)22(25)26)19-18-12-13-5-7-14(8-6-13)21(23)24/h5-12,19H,3-4H2,1-2H3. The molecular weight excluding hydrogens is 402 g/mol. The second-order valence-electron chi connectivity index (χ2n) is 5.74. The van der Waals surface area contributed by atoms with E-state index in [0.717, 1.165) is 6.07 Å². The Morgan fingerprint density at radius 2 is 1.66 bits per heavy atom.